The Morgan fingerprint density at radius 2 is 1.32 bits per heavy atom. The Bertz CT molecular complexity index is 1130. The molecule has 0 spiro atoms. The Labute approximate surface area is 244 Å². The van der Waals surface area contributed by atoms with Crippen molar-refractivity contribution < 1.29 is 27.8 Å². The smallest absolute Gasteiger partial charge is 0.343 e. The average molecular weight is 567 g/mol. The van der Waals surface area contributed by atoms with E-state index in [1.807, 2.05) is 31.2 Å². The van der Waals surface area contributed by atoms with Gasteiger partial charge in [-0.25, -0.2) is 13.6 Å². The molecular formula is C35H44F2O4. The molecule has 4 nitrogen and oxygen atoms in total. The highest BCUT2D eigenvalue weighted by Gasteiger charge is 2.23. The molecule has 0 aliphatic heterocycles. The van der Waals surface area contributed by atoms with Gasteiger partial charge in [-0.1, -0.05) is 88.8 Å². The van der Waals surface area contributed by atoms with Crippen LogP contribution in [0.1, 0.15) is 98.2 Å². The summed E-state index contributed by atoms with van der Waals surface area (Å²) in [6.07, 6.45) is 8.10. The number of benzene rings is 3. The molecule has 0 aliphatic carbocycles. The van der Waals surface area contributed by atoms with Crippen molar-refractivity contribution in [3.63, 3.8) is 0 Å². The summed E-state index contributed by atoms with van der Waals surface area (Å²) in [5, 5.41) is 0. The normalized spacial score (nSPS) is 11.9. The first kappa shape index (κ1) is 32.3. The molecule has 1 atom stereocenters. The van der Waals surface area contributed by atoms with Crippen molar-refractivity contribution in [3.05, 3.63) is 95.1 Å². The Hall–Kier alpha value is -3.25. The zero-order valence-corrected chi connectivity index (χ0v) is 24.5. The molecule has 0 unspecified atom stereocenters. The number of aryl methyl sites for hydroxylation is 1. The number of hydrogen-bond donors (Lipinski definition) is 0. The Morgan fingerprint density at radius 1 is 0.707 bits per heavy atom. The molecule has 0 amide bonds. The number of unbranched alkanes of at least 4 members (excludes halogenated alkanes) is 6. The van der Waals surface area contributed by atoms with E-state index in [1.165, 1.54) is 56.2 Å². The van der Waals surface area contributed by atoms with Crippen molar-refractivity contribution in [3.8, 4) is 11.5 Å². The molecule has 6 heteroatoms. The van der Waals surface area contributed by atoms with E-state index in [0.717, 1.165) is 30.6 Å². The second-order valence-corrected chi connectivity index (χ2v) is 10.5. The molecule has 0 fully saturated rings. The van der Waals surface area contributed by atoms with Gasteiger partial charge in [-0.05, 0) is 72.4 Å². The largest absolute Gasteiger partial charge is 0.489 e. The van der Waals surface area contributed by atoms with Gasteiger partial charge in [0, 0.05) is 6.61 Å². The van der Waals surface area contributed by atoms with Gasteiger partial charge < -0.3 is 14.2 Å². The van der Waals surface area contributed by atoms with Gasteiger partial charge in [-0.3, -0.25) is 0 Å². The fourth-order valence-electron chi connectivity index (χ4n) is 4.49. The maximum Gasteiger partial charge on any atom is 0.343 e. The van der Waals surface area contributed by atoms with Gasteiger partial charge in [0.2, 0.25) is 6.43 Å². The summed E-state index contributed by atoms with van der Waals surface area (Å²) >= 11 is 0. The highest BCUT2D eigenvalue weighted by Crippen LogP contribution is 2.26. The first-order valence-electron chi connectivity index (χ1n) is 15.0. The molecule has 0 N–H and O–H groups in total. The quantitative estimate of drug-likeness (QED) is 0.0823. The highest BCUT2D eigenvalue weighted by molar-refractivity contribution is 5.91. The van der Waals surface area contributed by atoms with Gasteiger partial charge in [0.1, 0.15) is 18.1 Å². The third-order valence-corrected chi connectivity index (χ3v) is 7.10. The first-order chi connectivity index (χ1) is 20.0. The summed E-state index contributed by atoms with van der Waals surface area (Å²) in [6.45, 7) is 5.07. The molecule has 3 rings (SSSR count). The van der Waals surface area contributed by atoms with Crippen molar-refractivity contribution in [2.45, 2.75) is 90.6 Å². The Kier molecular flexibility index (Phi) is 14.4. The van der Waals surface area contributed by atoms with Gasteiger partial charge in [-0.15, -0.1) is 0 Å². The molecular weight excluding hydrogens is 522 g/mol. The monoisotopic (exact) mass is 566 g/mol. The second-order valence-electron chi connectivity index (χ2n) is 10.5. The third kappa shape index (κ3) is 11.6. The predicted molar refractivity (Wildman–Crippen MR) is 160 cm³/mol. The zero-order valence-electron chi connectivity index (χ0n) is 24.5. The Balaban J connectivity index is 1.43. The standard InChI is InChI=1S/C35H44F2O4/c1-3-5-7-8-9-10-11-27-14-20-31(21-15-27)40-25-28-12-16-30(17-13-28)35(38)41-32-22-18-29(19-23-32)33(34(36)37)26-39-24-6-4-2/h12-23,33-34H,3-11,24-26H2,1-2H3/t33-/m0/s1. The number of carbonyl (C=O) groups excluding carboxylic acids is 1. The molecule has 3 aromatic carbocycles. The lowest BCUT2D eigenvalue weighted by atomic mass is 10.0. The number of halogens is 2. The van der Waals surface area contributed by atoms with Crippen molar-refractivity contribution >= 4 is 5.97 Å². The summed E-state index contributed by atoms with van der Waals surface area (Å²) in [4.78, 5) is 12.6. The van der Waals surface area contributed by atoms with Crippen LogP contribution in [0.4, 0.5) is 8.78 Å². The molecule has 0 aliphatic rings. The van der Waals surface area contributed by atoms with Crippen LogP contribution in [0.25, 0.3) is 0 Å². The summed E-state index contributed by atoms with van der Waals surface area (Å²) in [5.41, 5.74) is 3.11. The third-order valence-electron chi connectivity index (χ3n) is 7.10. The molecule has 0 aromatic heterocycles. The SMILES string of the molecule is CCCCCCCCc1ccc(OCc2ccc(C(=O)Oc3ccc([C@H](COCCCC)C(F)F)cc3)cc2)cc1. The maximum absolute atomic E-state index is 13.5. The summed E-state index contributed by atoms with van der Waals surface area (Å²) in [6, 6.07) is 21.5. The summed E-state index contributed by atoms with van der Waals surface area (Å²) in [5.74, 6) is -0.426. The van der Waals surface area contributed by atoms with Crippen LogP contribution in [0.2, 0.25) is 0 Å². The molecule has 41 heavy (non-hydrogen) atoms. The topological polar surface area (TPSA) is 44.8 Å². The summed E-state index contributed by atoms with van der Waals surface area (Å²) < 4.78 is 43.8. The number of hydrogen-bond acceptors (Lipinski definition) is 4. The molecule has 0 bridgehead atoms. The molecule has 0 radical (unpaired) electrons. The average Bonchev–Trinajstić information content (AvgIpc) is 2.99. The van der Waals surface area contributed by atoms with Crippen LogP contribution in [-0.2, 0) is 17.8 Å². The maximum atomic E-state index is 13.5. The first-order valence-corrected chi connectivity index (χ1v) is 15.0. The highest BCUT2D eigenvalue weighted by atomic mass is 19.3. The molecule has 222 valence electrons. The molecule has 0 heterocycles. The molecule has 0 saturated heterocycles. The lowest BCUT2D eigenvalue weighted by molar-refractivity contribution is 0.0425. The van der Waals surface area contributed by atoms with E-state index < -0.39 is 18.3 Å². The molecule has 3 aromatic rings. The number of rotatable bonds is 19. The lowest BCUT2D eigenvalue weighted by Gasteiger charge is -2.17. The number of carbonyl (C=O) groups is 1. The second kappa shape index (κ2) is 18.2. The van der Waals surface area contributed by atoms with Gasteiger partial charge in [0.15, 0.2) is 0 Å². The van der Waals surface area contributed by atoms with Crippen LogP contribution in [-0.4, -0.2) is 25.6 Å². The van der Waals surface area contributed by atoms with Crippen LogP contribution in [0.15, 0.2) is 72.8 Å². The summed E-state index contributed by atoms with van der Waals surface area (Å²) in [7, 11) is 0. The lowest BCUT2D eigenvalue weighted by Crippen LogP contribution is -2.16. The van der Waals surface area contributed by atoms with Gasteiger partial charge in [0.25, 0.3) is 0 Å². The van der Waals surface area contributed by atoms with E-state index in [-0.39, 0.29) is 6.61 Å². The van der Waals surface area contributed by atoms with Crippen molar-refractivity contribution in [1.29, 1.82) is 0 Å². The van der Waals surface area contributed by atoms with Crippen LogP contribution >= 0.6 is 0 Å². The van der Waals surface area contributed by atoms with Gasteiger partial charge in [0.05, 0.1) is 18.1 Å². The van der Waals surface area contributed by atoms with Crippen molar-refractivity contribution in [1.82, 2.24) is 0 Å². The van der Waals surface area contributed by atoms with E-state index in [2.05, 4.69) is 19.1 Å². The van der Waals surface area contributed by atoms with E-state index >= 15 is 0 Å². The predicted octanol–water partition coefficient (Wildman–Crippen LogP) is 9.55. The number of alkyl halides is 2. The fraction of sp³-hybridized carbons (Fsp3) is 0.457. The van der Waals surface area contributed by atoms with E-state index in [4.69, 9.17) is 14.2 Å². The van der Waals surface area contributed by atoms with E-state index in [9.17, 15) is 13.6 Å². The van der Waals surface area contributed by atoms with E-state index in [0.29, 0.717) is 30.1 Å². The van der Waals surface area contributed by atoms with Crippen molar-refractivity contribution in [2.75, 3.05) is 13.2 Å². The number of ether oxygens (including phenoxy) is 3. The zero-order chi connectivity index (χ0) is 29.3. The van der Waals surface area contributed by atoms with Gasteiger partial charge >= 0.3 is 5.97 Å². The fourth-order valence-corrected chi connectivity index (χ4v) is 4.49. The Morgan fingerprint density at radius 3 is 1.98 bits per heavy atom. The van der Waals surface area contributed by atoms with Crippen molar-refractivity contribution in [2.24, 2.45) is 0 Å². The van der Waals surface area contributed by atoms with Crippen LogP contribution < -0.4 is 9.47 Å². The van der Waals surface area contributed by atoms with Crippen LogP contribution in [0, 0.1) is 0 Å². The minimum absolute atomic E-state index is 0.0442. The van der Waals surface area contributed by atoms with Gasteiger partial charge in [-0.2, -0.15) is 0 Å². The minimum Gasteiger partial charge on any atom is -0.489 e. The number of esters is 1. The van der Waals surface area contributed by atoms with E-state index in [1.54, 1.807) is 24.3 Å². The van der Waals surface area contributed by atoms with Crippen LogP contribution in [0.3, 0.4) is 0 Å². The molecule has 0 saturated carbocycles. The minimum atomic E-state index is -2.54. The van der Waals surface area contributed by atoms with Crippen LogP contribution in [0.5, 0.6) is 11.5 Å².